The molecule has 0 aliphatic carbocycles. The van der Waals surface area contributed by atoms with Crippen LogP contribution in [0.2, 0.25) is 0 Å². The molecule has 2 N–H and O–H groups in total. The lowest BCUT2D eigenvalue weighted by Gasteiger charge is -2.11. The summed E-state index contributed by atoms with van der Waals surface area (Å²) in [6.45, 7) is 4.82. The molecule has 1 atom stereocenters. The first kappa shape index (κ1) is 10.7. The van der Waals surface area contributed by atoms with Crippen LogP contribution in [-0.2, 0) is 4.74 Å². The van der Waals surface area contributed by atoms with Crippen molar-refractivity contribution in [2.24, 2.45) is 5.73 Å². The third-order valence-corrected chi connectivity index (χ3v) is 2.79. The van der Waals surface area contributed by atoms with Crippen molar-refractivity contribution in [3.05, 3.63) is 22.4 Å². The van der Waals surface area contributed by atoms with Crippen molar-refractivity contribution in [1.82, 2.24) is 0 Å². The van der Waals surface area contributed by atoms with E-state index in [1.807, 2.05) is 19.9 Å². The summed E-state index contributed by atoms with van der Waals surface area (Å²) in [6.07, 6.45) is 1.20. The zero-order chi connectivity index (χ0) is 9.68. The van der Waals surface area contributed by atoms with Gasteiger partial charge in [0.25, 0.3) is 0 Å². The van der Waals surface area contributed by atoms with Gasteiger partial charge in [0.2, 0.25) is 0 Å². The molecule has 0 aliphatic rings. The van der Waals surface area contributed by atoms with Gasteiger partial charge in [-0.1, -0.05) is 6.07 Å². The molecule has 0 saturated carbocycles. The molecular weight excluding hydrogens is 182 g/mol. The van der Waals surface area contributed by atoms with Gasteiger partial charge >= 0.3 is 0 Å². The van der Waals surface area contributed by atoms with Crippen LogP contribution in [0, 0.1) is 0 Å². The van der Waals surface area contributed by atoms with Crippen LogP contribution < -0.4 is 5.73 Å². The lowest BCUT2D eigenvalue weighted by molar-refractivity contribution is 0.0738. The molecule has 0 aromatic carbocycles. The van der Waals surface area contributed by atoms with Crippen LogP contribution in [0.25, 0.3) is 0 Å². The van der Waals surface area contributed by atoms with Gasteiger partial charge in [0.15, 0.2) is 0 Å². The first-order valence-corrected chi connectivity index (χ1v) is 5.48. The fourth-order valence-corrected chi connectivity index (χ4v) is 1.84. The van der Waals surface area contributed by atoms with Crippen LogP contribution in [0.5, 0.6) is 0 Å². The summed E-state index contributed by atoms with van der Waals surface area (Å²) in [5, 5.41) is 2.05. The Morgan fingerprint density at radius 2 is 2.31 bits per heavy atom. The van der Waals surface area contributed by atoms with Crippen LogP contribution in [0.4, 0.5) is 0 Å². The summed E-state index contributed by atoms with van der Waals surface area (Å²) in [6, 6.07) is 4.24. The second kappa shape index (κ2) is 5.37. The average molecular weight is 199 g/mol. The van der Waals surface area contributed by atoms with Gasteiger partial charge < -0.3 is 10.5 Å². The van der Waals surface area contributed by atoms with E-state index in [2.05, 4.69) is 11.4 Å². The maximum Gasteiger partial charge on any atom is 0.0518 e. The number of hydrogen-bond donors (Lipinski definition) is 1. The molecule has 1 aromatic heterocycles. The molecule has 1 heterocycles. The maximum absolute atomic E-state index is 5.96. The highest BCUT2D eigenvalue weighted by Crippen LogP contribution is 2.19. The van der Waals surface area contributed by atoms with Crippen molar-refractivity contribution in [3.8, 4) is 0 Å². The highest BCUT2D eigenvalue weighted by molar-refractivity contribution is 7.10. The largest absolute Gasteiger partial charge is 0.379 e. The predicted octanol–water partition coefficient (Wildman–Crippen LogP) is 2.56. The minimum absolute atomic E-state index is 0.138. The smallest absolute Gasteiger partial charge is 0.0518 e. The van der Waals surface area contributed by atoms with Crippen LogP contribution in [0.3, 0.4) is 0 Å². The van der Waals surface area contributed by atoms with E-state index in [4.69, 9.17) is 10.5 Å². The summed E-state index contributed by atoms with van der Waals surface area (Å²) >= 11 is 1.71. The van der Waals surface area contributed by atoms with E-state index < -0.39 is 0 Å². The number of nitrogens with two attached hydrogens (primary N) is 1. The maximum atomic E-state index is 5.96. The van der Waals surface area contributed by atoms with Crippen molar-refractivity contribution in [2.75, 3.05) is 6.61 Å². The third kappa shape index (κ3) is 3.89. The van der Waals surface area contributed by atoms with Gasteiger partial charge in [-0.15, -0.1) is 11.3 Å². The molecule has 3 heteroatoms. The highest BCUT2D eigenvalue weighted by atomic mass is 32.1. The second-order valence-electron chi connectivity index (χ2n) is 3.33. The lowest BCUT2D eigenvalue weighted by atomic mass is 10.2. The highest BCUT2D eigenvalue weighted by Gasteiger charge is 2.06. The van der Waals surface area contributed by atoms with Gasteiger partial charge in [-0.25, -0.2) is 0 Å². The number of rotatable bonds is 5. The van der Waals surface area contributed by atoms with E-state index in [0.717, 1.165) is 13.0 Å². The molecule has 1 rings (SSSR count). The van der Waals surface area contributed by atoms with Gasteiger partial charge in [-0.05, 0) is 31.7 Å². The first-order valence-electron chi connectivity index (χ1n) is 4.60. The number of hydrogen-bond acceptors (Lipinski definition) is 3. The van der Waals surface area contributed by atoms with Gasteiger partial charge in [0, 0.05) is 17.5 Å². The van der Waals surface area contributed by atoms with Gasteiger partial charge in [0.05, 0.1) is 6.10 Å². The van der Waals surface area contributed by atoms with Crippen LogP contribution in [0.1, 0.15) is 31.2 Å². The Labute approximate surface area is 83.7 Å². The molecule has 13 heavy (non-hydrogen) atoms. The minimum Gasteiger partial charge on any atom is -0.379 e. The minimum atomic E-state index is 0.138. The van der Waals surface area contributed by atoms with Crippen LogP contribution in [0.15, 0.2) is 17.5 Å². The van der Waals surface area contributed by atoms with Gasteiger partial charge in [-0.3, -0.25) is 0 Å². The Morgan fingerprint density at radius 1 is 1.54 bits per heavy atom. The average Bonchev–Trinajstić information content (AvgIpc) is 2.55. The van der Waals surface area contributed by atoms with Crippen molar-refractivity contribution in [2.45, 2.75) is 32.4 Å². The Hall–Kier alpha value is -0.380. The molecule has 1 unspecified atom stereocenters. The van der Waals surface area contributed by atoms with E-state index in [9.17, 15) is 0 Å². The summed E-state index contributed by atoms with van der Waals surface area (Å²) < 4.78 is 5.44. The summed E-state index contributed by atoms with van der Waals surface area (Å²) in [7, 11) is 0. The van der Waals surface area contributed by atoms with E-state index >= 15 is 0 Å². The summed E-state index contributed by atoms with van der Waals surface area (Å²) in [5.41, 5.74) is 5.96. The molecule has 0 fully saturated rings. The third-order valence-electron chi connectivity index (χ3n) is 1.79. The van der Waals surface area contributed by atoms with Crippen LogP contribution in [-0.4, -0.2) is 12.7 Å². The Kier molecular flexibility index (Phi) is 4.42. The fraction of sp³-hybridized carbons (Fsp3) is 0.600. The second-order valence-corrected chi connectivity index (χ2v) is 4.31. The molecule has 2 nitrogen and oxygen atoms in total. The SMILES string of the molecule is CC(C)OCCC(N)c1cccs1. The van der Waals surface area contributed by atoms with Crippen LogP contribution >= 0.6 is 11.3 Å². The van der Waals surface area contributed by atoms with Crippen molar-refractivity contribution >= 4 is 11.3 Å². The molecular formula is C10H17NOS. The quantitative estimate of drug-likeness (QED) is 0.791. The Bertz CT molecular complexity index is 221. The molecule has 0 spiro atoms. The predicted molar refractivity (Wildman–Crippen MR) is 57.0 cm³/mol. The number of thiophene rings is 1. The van der Waals surface area contributed by atoms with Gasteiger partial charge in [-0.2, -0.15) is 0 Å². The van der Waals surface area contributed by atoms with Crippen molar-refractivity contribution in [1.29, 1.82) is 0 Å². The molecule has 0 radical (unpaired) electrons. The number of ether oxygens (including phenoxy) is 1. The zero-order valence-electron chi connectivity index (χ0n) is 8.19. The van der Waals surface area contributed by atoms with E-state index in [1.54, 1.807) is 11.3 Å². The topological polar surface area (TPSA) is 35.2 Å². The van der Waals surface area contributed by atoms with E-state index in [0.29, 0.717) is 6.10 Å². The standard InChI is InChI=1S/C10H17NOS/c1-8(2)12-6-5-9(11)10-4-3-7-13-10/h3-4,7-9H,5-6,11H2,1-2H3. The first-order chi connectivity index (χ1) is 6.20. The summed E-state index contributed by atoms with van der Waals surface area (Å²) in [4.78, 5) is 1.24. The van der Waals surface area contributed by atoms with Crippen molar-refractivity contribution < 1.29 is 4.74 Å². The molecule has 74 valence electrons. The Balaban J connectivity index is 2.22. The fourth-order valence-electron chi connectivity index (χ4n) is 1.08. The summed E-state index contributed by atoms with van der Waals surface area (Å²) in [5.74, 6) is 0. The lowest BCUT2D eigenvalue weighted by Crippen LogP contribution is -2.13. The monoisotopic (exact) mass is 199 g/mol. The molecule has 0 aliphatic heterocycles. The molecule has 0 amide bonds. The molecule has 0 bridgehead atoms. The zero-order valence-corrected chi connectivity index (χ0v) is 9.01. The van der Waals surface area contributed by atoms with Crippen molar-refractivity contribution in [3.63, 3.8) is 0 Å². The molecule has 1 aromatic rings. The normalized spacial score (nSPS) is 13.5. The van der Waals surface area contributed by atoms with E-state index in [1.165, 1.54) is 4.88 Å². The molecule has 0 saturated heterocycles. The van der Waals surface area contributed by atoms with E-state index in [-0.39, 0.29) is 6.04 Å². The van der Waals surface area contributed by atoms with Gasteiger partial charge in [0.1, 0.15) is 0 Å². The Morgan fingerprint density at radius 3 is 2.85 bits per heavy atom.